The van der Waals surface area contributed by atoms with Crippen molar-refractivity contribution in [1.29, 1.82) is 0 Å². The molecule has 7 heteroatoms. The van der Waals surface area contributed by atoms with Crippen molar-refractivity contribution in [1.82, 2.24) is 10.2 Å². The summed E-state index contributed by atoms with van der Waals surface area (Å²) in [5.41, 5.74) is 7.31. The van der Waals surface area contributed by atoms with E-state index in [4.69, 9.17) is 15.2 Å². The summed E-state index contributed by atoms with van der Waals surface area (Å²) in [5.74, 6) is 0.976. The van der Waals surface area contributed by atoms with Gasteiger partial charge < -0.3 is 20.5 Å². The number of nitrogens with zero attached hydrogens (tertiary/aromatic N) is 1. The molecule has 0 saturated heterocycles. The molecule has 1 aliphatic heterocycles. The molecule has 4 N–H and O–H groups in total. The fourth-order valence-electron chi connectivity index (χ4n) is 1.96. The van der Waals surface area contributed by atoms with Gasteiger partial charge in [-0.25, -0.2) is 0 Å². The molecule has 0 atom stereocenters. The third-order valence-corrected chi connectivity index (χ3v) is 3.04. The number of fused-ring (bicyclic) bond motifs is 1. The van der Waals surface area contributed by atoms with Gasteiger partial charge in [0.15, 0.2) is 17.3 Å². The molecule has 1 amide bonds. The van der Waals surface area contributed by atoms with Crippen LogP contribution in [0.25, 0.3) is 0 Å². The average Bonchev–Trinajstić information content (AvgIpc) is 2.78. The van der Waals surface area contributed by atoms with E-state index in [0.717, 1.165) is 0 Å². The lowest BCUT2D eigenvalue weighted by Crippen LogP contribution is -2.20. The number of nitrogen functional groups attached to an aromatic ring is 1. The summed E-state index contributed by atoms with van der Waals surface area (Å²) in [6.07, 6.45) is 0. The maximum atomic E-state index is 12.3. The van der Waals surface area contributed by atoms with Crippen LogP contribution in [0, 0.1) is 6.92 Å². The minimum absolute atomic E-state index is 0.307. The number of nitrogens with two attached hydrogens (primary N) is 1. The van der Waals surface area contributed by atoms with Crippen LogP contribution in [-0.4, -0.2) is 29.3 Å². The molecule has 0 fully saturated rings. The number of carbonyl (C=O) groups is 1. The summed E-state index contributed by atoms with van der Waals surface area (Å²) in [5, 5.41) is 9.30. The number of rotatable bonds is 2. The van der Waals surface area contributed by atoms with E-state index in [1.807, 2.05) is 0 Å². The Hall–Kier alpha value is -2.70. The van der Waals surface area contributed by atoms with Crippen LogP contribution in [0.5, 0.6) is 11.5 Å². The number of ether oxygens (including phenoxy) is 2. The second-order valence-electron chi connectivity index (χ2n) is 4.39. The fraction of sp³-hybridized carbons (Fsp3) is 0.231. The van der Waals surface area contributed by atoms with Gasteiger partial charge in [-0.05, 0) is 19.1 Å². The highest BCUT2D eigenvalue weighted by atomic mass is 16.6. The van der Waals surface area contributed by atoms with E-state index in [9.17, 15) is 4.79 Å². The van der Waals surface area contributed by atoms with Gasteiger partial charge in [0.1, 0.15) is 13.2 Å². The fourth-order valence-corrected chi connectivity index (χ4v) is 1.96. The highest BCUT2D eigenvalue weighted by molar-refractivity contribution is 6.07. The monoisotopic (exact) mass is 274 g/mol. The van der Waals surface area contributed by atoms with E-state index in [1.165, 1.54) is 0 Å². The summed E-state index contributed by atoms with van der Waals surface area (Å²) in [6, 6.07) is 5.17. The largest absolute Gasteiger partial charge is 0.486 e. The average molecular weight is 274 g/mol. The molecule has 0 saturated carbocycles. The Balaban J connectivity index is 1.89. The Morgan fingerprint density at radius 3 is 2.95 bits per heavy atom. The molecular weight excluding hydrogens is 260 g/mol. The van der Waals surface area contributed by atoms with Crippen LogP contribution in [-0.2, 0) is 0 Å². The number of hydrogen-bond acceptors (Lipinski definition) is 5. The maximum Gasteiger partial charge on any atom is 0.260 e. The van der Waals surface area contributed by atoms with Crippen molar-refractivity contribution in [2.75, 3.05) is 24.3 Å². The van der Waals surface area contributed by atoms with Gasteiger partial charge in [0.05, 0.1) is 16.9 Å². The van der Waals surface area contributed by atoms with E-state index in [2.05, 4.69) is 15.5 Å². The van der Waals surface area contributed by atoms with Crippen molar-refractivity contribution in [3.8, 4) is 11.5 Å². The normalized spacial score (nSPS) is 13.1. The summed E-state index contributed by atoms with van der Waals surface area (Å²) in [6.45, 7) is 2.67. The molecule has 1 aromatic heterocycles. The molecule has 0 unspecified atom stereocenters. The number of hydrogen-bond donors (Lipinski definition) is 3. The van der Waals surface area contributed by atoms with Gasteiger partial charge in [-0.15, -0.1) is 0 Å². The quantitative estimate of drug-likeness (QED) is 0.766. The van der Waals surface area contributed by atoms with Gasteiger partial charge in [0, 0.05) is 0 Å². The first-order valence-corrected chi connectivity index (χ1v) is 6.17. The molecule has 1 aliphatic rings. The molecule has 7 nitrogen and oxygen atoms in total. The number of aryl methyl sites for hydroxylation is 1. The Morgan fingerprint density at radius 2 is 2.20 bits per heavy atom. The second kappa shape index (κ2) is 4.76. The Labute approximate surface area is 115 Å². The van der Waals surface area contributed by atoms with Crippen LogP contribution >= 0.6 is 0 Å². The molecule has 20 heavy (non-hydrogen) atoms. The van der Waals surface area contributed by atoms with Crippen molar-refractivity contribution in [3.63, 3.8) is 0 Å². The summed E-state index contributed by atoms with van der Waals surface area (Å²) >= 11 is 0. The van der Waals surface area contributed by atoms with Gasteiger partial charge in [0.25, 0.3) is 5.91 Å². The number of amides is 1. The van der Waals surface area contributed by atoms with Crippen LogP contribution in [0.2, 0.25) is 0 Å². The standard InChI is InChI=1S/C13H14N4O3/c1-7-10(14)12(17-16-7)15-13(18)8-3-2-4-9-11(8)20-6-5-19-9/h2-4H,5-6,14H2,1H3,(H2,15,16,17,18). The molecule has 2 heterocycles. The van der Waals surface area contributed by atoms with Gasteiger partial charge in [-0.1, -0.05) is 6.07 Å². The first kappa shape index (κ1) is 12.3. The number of para-hydroxylation sites is 1. The van der Waals surface area contributed by atoms with Crippen molar-refractivity contribution in [2.24, 2.45) is 0 Å². The van der Waals surface area contributed by atoms with Crippen LogP contribution in [0.4, 0.5) is 11.5 Å². The SMILES string of the molecule is Cc1[nH]nc(NC(=O)c2cccc3c2OCCO3)c1N. The molecule has 104 valence electrons. The van der Waals surface area contributed by atoms with Gasteiger partial charge in [0.2, 0.25) is 0 Å². The minimum atomic E-state index is -0.342. The maximum absolute atomic E-state index is 12.3. The molecule has 0 spiro atoms. The number of nitrogens with one attached hydrogen (secondary N) is 2. The van der Waals surface area contributed by atoms with Crippen molar-refractivity contribution in [2.45, 2.75) is 6.92 Å². The topological polar surface area (TPSA) is 102 Å². The minimum Gasteiger partial charge on any atom is -0.486 e. The molecule has 0 bridgehead atoms. The van der Waals surface area contributed by atoms with Crippen LogP contribution in [0.15, 0.2) is 18.2 Å². The third-order valence-electron chi connectivity index (χ3n) is 3.04. The lowest BCUT2D eigenvalue weighted by atomic mass is 10.1. The molecule has 2 aromatic rings. The predicted molar refractivity (Wildman–Crippen MR) is 73.1 cm³/mol. The van der Waals surface area contributed by atoms with Crippen molar-refractivity contribution >= 4 is 17.4 Å². The number of aromatic amines is 1. The number of anilines is 2. The van der Waals surface area contributed by atoms with Crippen molar-refractivity contribution in [3.05, 3.63) is 29.5 Å². The first-order chi connectivity index (χ1) is 9.66. The Morgan fingerprint density at radius 1 is 1.40 bits per heavy atom. The molecule has 1 aromatic carbocycles. The second-order valence-corrected chi connectivity index (χ2v) is 4.39. The number of benzene rings is 1. The zero-order chi connectivity index (χ0) is 14.1. The van der Waals surface area contributed by atoms with E-state index < -0.39 is 0 Å². The van der Waals surface area contributed by atoms with E-state index in [1.54, 1.807) is 25.1 Å². The van der Waals surface area contributed by atoms with E-state index in [0.29, 0.717) is 47.5 Å². The Bertz CT molecular complexity index is 666. The van der Waals surface area contributed by atoms with Gasteiger partial charge in [-0.2, -0.15) is 5.10 Å². The molecular formula is C13H14N4O3. The molecule has 0 radical (unpaired) electrons. The third kappa shape index (κ3) is 2.03. The van der Waals surface area contributed by atoms with E-state index >= 15 is 0 Å². The van der Waals surface area contributed by atoms with Crippen LogP contribution < -0.4 is 20.5 Å². The summed E-state index contributed by atoms with van der Waals surface area (Å²) < 4.78 is 10.9. The van der Waals surface area contributed by atoms with Gasteiger partial charge >= 0.3 is 0 Å². The summed E-state index contributed by atoms with van der Waals surface area (Å²) in [7, 11) is 0. The lowest BCUT2D eigenvalue weighted by Gasteiger charge is -2.20. The summed E-state index contributed by atoms with van der Waals surface area (Å²) in [4.78, 5) is 12.3. The Kier molecular flexibility index (Phi) is 2.94. The highest BCUT2D eigenvalue weighted by Gasteiger charge is 2.21. The van der Waals surface area contributed by atoms with Gasteiger partial charge in [-0.3, -0.25) is 9.89 Å². The smallest absolute Gasteiger partial charge is 0.260 e. The number of carbonyl (C=O) groups excluding carboxylic acids is 1. The molecule has 3 rings (SSSR count). The zero-order valence-corrected chi connectivity index (χ0v) is 10.9. The van der Waals surface area contributed by atoms with E-state index in [-0.39, 0.29) is 5.91 Å². The number of aromatic nitrogens is 2. The predicted octanol–water partition coefficient (Wildman–Crippen LogP) is 1.32. The lowest BCUT2D eigenvalue weighted by molar-refractivity contribution is 0.101. The van der Waals surface area contributed by atoms with Crippen LogP contribution in [0.1, 0.15) is 16.1 Å². The zero-order valence-electron chi connectivity index (χ0n) is 10.9. The van der Waals surface area contributed by atoms with Crippen LogP contribution in [0.3, 0.4) is 0 Å². The highest BCUT2D eigenvalue weighted by Crippen LogP contribution is 2.34. The molecule has 0 aliphatic carbocycles. The first-order valence-electron chi connectivity index (χ1n) is 6.17. The van der Waals surface area contributed by atoms with Crippen molar-refractivity contribution < 1.29 is 14.3 Å². The number of H-pyrrole nitrogens is 1.